The standard InChI is InChI=1S/C18H38N2O2Si/c1-17(13-19-5-9-21-10-6-19)15-23(3,4)16-18(2)14-20-7-11-22-12-8-20/h17-18H,5-16H2,1-4H3. The fraction of sp³-hybridized carbons (Fsp3) is 1.00. The molecule has 0 amide bonds. The van der Waals surface area contributed by atoms with Crippen LogP contribution in [-0.2, 0) is 9.47 Å². The maximum atomic E-state index is 5.46. The largest absolute Gasteiger partial charge is 0.379 e. The normalized spacial score (nSPS) is 24.5. The van der Waals surface area contributed by atoms with Crippen LogP contribution in [0.3, 0.4) is 0 Å². The highest BCUT2D eigenvalue weighted by Gasteiger charge is 2.28. The summed E-state index contributed by atoms with van der Waals surface area (Å²) in [7, 11) is -1.11. The Bertz CT molecular complexity index is 299. The van der Waals surface area contributed by atoms with Gasteiger partial charge in [0.25, 0.3) is 0 Å². The van der Waals surface area contributed by atoms with E-state index in [0.717, 1.165) is 64.4 Å². The second-order valence-electron chi connectivity index (χ2n) is 8.61. The first-order valence-electron chi connectivity index (χ1n) is 9.55. The van der Waals surface area contributed by atoms with E-state index in [1.807, 2.05) is 0 Å². The Hall–Kier alpha value is 0.0569. The number of hydrogen-bond acceptors (Lipinski definition) is 4. The van der Waals surface area contributed by atoms with Crippen LogP contribution >= 0.6 is 0 Å². The van der Waals surface area contributed by atoms with Crippen molar-refractivity contribution < 1.29 is 9.47 Å². The van der Waals surface area contributed by atoms with Crippen molar-refractivity contribution in [2.45, 2.75) is 39.0 Å². The fourth-order valence-electron chi connectivity index (χ4n) is 4.55. The van der Waals surface area contributed by atoms with Crippen LogP contribution in [0.5, 0.6) is 0 Å². The quantitative estimate of drug-likeness (QED) is 0.633. The predicted molar refractivity (Wildman–Crippen MR) is 99.9 cm³/mol. The summed E-state index contributed by atoms with van der Waals surface area (Å²) in [6.07, 6.45) is 0. The summed E-state index contributed by atoms with van der Waals surface area (Å²) < 4.78 is 10.9. The van der Waals surface area contributed by atoms with Crippen molar-refractivity contribution in [1.29, 1.82) is 0 Å². The van der Waals surface area contributed by atoms with Gasteiger partial charge in [-0.3, -0.25) is 9.80 Å². The molecule has 0 aliphatic carbocycles. The van der Waals surface area contributed by atoms with Crippen LogP contribution in [0.15, 0.2) is 0 Å². The summed E-state index contributed by atoms with van der Waals surface area (Å²) in [5.74, 6) is 1.65. The first-order valence-corrected chi connectivity index (χ1v) is 13.0. The molecule has 2 heterocycles. The Morgan fingerprint density at radius 2 is 1.09 bits per heavy atom. The van der Waals surface area contributed by atoms with Crippen molar-refractivity contribution in [2.24, 2.45) is 11.8 Å². The number of hydrogen-bond donors (Lipinski definition) is 0. The molecule has 0 aromatic rings. The van der Waals surface area contributed by atoms with E-state index in [1.54, 1.807) is 0 Å². The number of ether oxygens (including phenoxy) is 2. The van der Waals surface area contributed by atoms with Crippen LogP contribution in [-0.4, -0.2) is 83.6 Å². The van der Waals surface area contributed by atoms with E-state index in [1.165, 1.54) is 25.2 Å². The maximum Gasteiger partial charge on any atom is 0.0594 e. The van der Waals surface area contributed by atoms with Gasteiger partial charge < -0.3 is 9.47 Å². The Kier molecular flexibility index (Phi) is 8.02. The van der Waals surface area contributed by atoms with Gasteiger partial charge >= 0.3 is 0 Å². The van der Waals surface area contributed by atoms with E-state index >= 15 is 0 Å². The van der Waals surface area contributed by atoms with E-state index in [4.69, 9.17) is 9.47 Å². The SMILES string of the molecule is CC(CN1CCOCC1)C[Si](C)(C)CC(C)CN1CCOCC1. The van der Waals surface area contributed by atoms with Crippen molar-refractivity contribution in [1.82, 2.24) is 9.80 Å². The lowest BCUT2D eigenvalue weighted by Gasteiger charge is -2.35. The van der Waals surface area contributed by atoms with Gasteiger partial charge in [-0.1, -0.05) is 39.0 Å². The minimum Gasteiger partial charge on any atom is -0.379 e. The predicted octanol–water partition coefficient (Wildman–Crippen LogP) is 2.63. The molecule has 2 atom stereocenters. The summed E-state index contributed by atoms with van der Waals surface area (Å²) in [4.78, 5) is 5.19. The van der Waals surface area contributed by atoms with Crippen LogP contribution in [0.4, 0.5) is 0 Å². The molecule has 2 unspecified atom stereocenters. The smallest absolute Gasteiger partial charge is 0.0594 e. The van der Waals surface area contributed by atoms with E-state index in [-0.39, 0.29) is 0 Å². The average molecular weight is 343 g/mol. The summed E-state index contributed by atoms with van der Waals surface area (Å²) in [5.41, 5.74) is 0. The van der Waals surface area contributed by atoms with Gasteiger partial charge in [0.15, 0.2) is 0 Å². The molecule has 2 rings (SSSR count). The second-order valence-corrected chi connectivity index (χ2v) is 13.8. The van der Waals surface area contributed by atoms with Gasteiger partial charge in [0.2, 0.25) is 0 Å². The van der Waals surface area contributed by atoms with E-state index in [2.05, 4.69) is 36.7 Å². The average Bonchev–Trinajstić information content (AvgIpc) is 2.47. The molecule has 0 saturated carbocycles. The van der Waals surface area contributed by atoms with Crippen LogP contribution in [0, 0.1) is 11.8 Å². The van der Waals surface area contributed by atoms with Crippen LogP contribution < -0.4 is 0 Å². The van der Waals surface area contributed by atoms with E-state index < -0.39 is 8.07 Å². The molecular formula is C18H38N2O2Si. The summed E-state index contributed by atoms with van der Waals surface area (Å²) >= 11 is 0. The molecule has 0 aromatic carbocycles. The summed E-state index contributed by atoms with van der Waals surface area (Å²) in [6.45, 7) is 20.8. The molecule has 136 valence electrons. The monoisotopic (exact) mass is 342 g/mol. The van der Waals surface area contributed by atoms with Crippen LogP contribution in [0.1, 0.15) is 13.8 Å². The van der Waals surface area contributed by atoms with Gasteiger partial charge in [0, 0.05) is 47.3 Å². The van der Waals surface area contributed by atoms with Gasteiger partial charge in [-0.25, -0.2) is 0 Å². The zero-order chi connectivity index (χ0) is 16.7. The van der Waals surface area contributed by atoms with Gasteiger partial charge in [-0.2, -0.15) is 0 Å². The summed E-state index contributed by atoms with van der Waals surface area (Å²) in [5, 5.41) is 0. The van der Waals surface area contributed by atoms with Gasteiger partial charge in [-0.15, -0.1) is 0 Å². The molecule has 5 heteroatoms. The van der Waals surface area contributed by atoms with Gasteiger partial charge in [0.05, 0.1) is 26.4 Å². The Morgan fingerprint density at radius 1 is 0.739 bits per heavy atom. The third-order valence-electron chi connectivity index (χ3n) is 5.15. The van der Waals surface area contributed by atoms with E-state index in [9.17, 15) is 0 Å². The number of morpholine rings is 2. The highest BCUT2D eigenvalue weighted by molar-refractivity contribution is 6.77. The van der Waals surface area contributed by atoms with E-state index in [0.29, 0.717) is 0 Å². The van der Waals surface area contributed by atoms with Crippen molar-refractivity contribution in [3.05, 3.63) is 0 Å². The molecule has 2 fully saturated rings. The van der Waals surface area contributed by atoms with Crippen molar-refractivity contribution in [3.63, 3.8) is 0 Å². The molecule has 0 N–H and O–H groups in total. The molecule has 0 spiro atoms. The molecule has 0 aromatic heterocycles. The van der Waals surface area contributed by atoms with Crippen LogP contribution in [0.25, 0.3) is 0 Å². The first-order chi connectivity index (χ1) is 10.9. The zero-order valence-electron chi connectivity index (χ0n) is 15.9. The molecule has 23 heavy (non-hydrogen) atoms. The number of rotatable bonds is 8. The Morgan fingerprint density at radius 3 is 1.43 bits per heavy atom. The molecule has 0 bridgehead atoms. The minimum absolute atomic E-state index is 0.824. The molecular weight excluding hydrogens is 304 g/mol. The molecule has 2 aliphatic heterocycles. The molecule has 2 aliphatic rings. The lowest BCUT2D eigenvalue weighted by Crippen LogP contribution is -2.42. The topological polar surface area (TPSA) is 24.9 Å². The third-order valence-corrected chi connectivity index (χ3v) is 8.75. The molecule has 2 saturated heterocycles. The second kappa shape index (κ2) is 9.52. The lowest BCUT2D eigenvalue weighted by molar-refractivity contribution is 0.0323. The summed E-state index contributed by atoms with van der Waals surface area (Å²) in [6, 6.07) is 2.91. The van der Waals surface area contributed by atoms with Gasteiger partial charge in [0.1, 0.15) is 0 Å². The third kappa shape index (κ3) is 7.65. The Labute approximate surface area is 144 Å². The lowest BCUT2D eigenvalue weighted by atomic mass is 10.2. The first kappa shape index (κ1) is 19.4. The van der Waals surface area contributed by atoms with Gasteiger partial charge in [-0.05, 0) is 11.8 Å². The Balaban J connectivity index is 1.69. The van der Waals surface area contributed by atoms with Crippen molar-refractivity contribution in [2.75, 3.05) is 65.7 Å². The highest BCUT2D eigenvalue weighted by atomic mass is 28.3. The molecule has 4 nitrogen and oxygen atoms in total. The zero-order valence-corrected chi connectivity index (χ0v) is 16.9. The highest BCUT2D eigenvalue weighted by Crippen LogP contribution is 2.26. The fourth-order valence-corrected chi connectivity index (χ4v) is 8.75. The van der Waals surface area contributed by atoms with Crippen molar-refractivity contribution in [3.8, 4) is 0 Å². The van der Waals surface area contributed by atoms with Crippen molar-refractivity contribution >= 4 is 8.07 Å². The minimum atomic E-state index is -1.11. The van der Waals surface area contributed by atoms with Crippen LogP contribution in [0.2, 0.25) is 25.2 Å². The number of nitrogens with zero attached hydrogens (tertiary/aromatic N) is 2. The molecule has 0 radical (unpaired) electrons. The maximum absolute atomic E-state index is 5.46.